The summed E-state index contributed by atoms with van der Waals surface area (Å²) in [6, 6.07) is 0. The van der Waals surface area contributed by atoms with E-state index in [4.69, 9.17) is 9.72 Å². The highest BCUT2D eigenvalue weighted by Gasteiger charge is 2.23. The lowest BCUT2D eigenvalue weighted by Gasteiger charge is -2.10. The van der Waals surface area contributed by atoms with Crippen LogP contribution in [0.3, 0.4) is 0 Å². The average Bonchev–Trinajstić information content (AvgIpc) is 3.19. The van der Waals surface area contributed by atoms with Crippen LogP contribution in [0.25, 0.3) is 15.9 Å². The molecule has 24 heavy (non-hydrogen) atoms. The number of esters is 1. The Bertz CT molecular complexity index is 931. The zero-order chi connectivity index (χ0) is 16.7. The van der Waals surface area contributed by atoms with Gasteiger partial charge in [-0.1, -0.05) is 18.7 Å². The van der Waals surface area contributed by atoms with Gasteiger partial charge in [-0.15, -0.1) is 21.5 Å². The second-order valence-electron chi connectivity index (χ2n) is 5.78. The fourth-order valence-corrected chi connectivity index (χ4v) is 5.26. The van der Waals surface area contributed by atoms with Crippen molar-refractivity contribution in [3.05, 3.63) is 16.3 Å². The summed E-state index contributed by atoms with van der Waals surface area (Å²) in [5.41, 5.74) is 2.28. The van der Waals surface area contributed by atoms with Gasteiger partial charge < -0.3 is 4.74 Å². The molecule has 3 aromatic rings. The van der Waals surface area contributed by atoms with Crippen LogP contribution in [0.5, 0.6) is 0 Å². The van der Waals surface area contributed by atoms with Gasteiger partial charge in [-0.2, -0.15) is 0 Å². The topological polar surface area (TPSA) is 69.4 Å². The van der Waals surface area contributed by atoms with Crippen LogP contribution < -0.4 is 0 Å². The van der Waals surface area contributed by atoms with E-state index in [-0.39, 0.29) is 11.7 Å². The third-order valence-corrected chi connectivity index (χ3v) is 6.45. The Balaban J connectivity index is 1.90. The number of rotatable bonds is 4. The molecule has 3 aromatic heterocycles. The van der Waals surface area contributed by atoms with Crippen LogP contribution in [0.15, 0.2) is 5.16 Å². The molecule has 0 bridgehead atoms. The first-order chi connectivity index (χ1) is 11.7. The zero-order valence-electron chi connectivity index (χ0n) is 13.7. The van der Waals surface area contributed by atoms with Gasteiger partial charge in [0.25, 0.3) is 0 Å². The lowest BCUT2D eigenvalue weighted by atomic mass is 9.97. The number of fused-ring (bicyclic) bond motifs is 5. The van der Waals surface area contributed by atoms with E-state index in [2.05, 4.69) is 17.1 Å². The van der Waals surface area contributed by atoms with Crippen LogP contribution in [0, 0.1) is 0 Å². The molecule has 0 radical (unpaired) electrons. The molecule has 8 heteroatoms. The molecule has 0 spiro atoms. The summed E-state index contributed by atoms with van der Waals surface area (Å²) in [5, 5.41) is 10.6. The molecule has 0 aromatic carbocycles. The number of thiophene rings is 1. The van der Waals surface area contributed by atoms with Crippen molar-refractivity contribution in [2.45, 2.75) is 44.2 Å². The number of aryl methyl sites for hydroxylation is 3. The number of aromatic nitrogens is 4. The van der Waals surface area contributed by atoms with Gasteiger partial charge in [0.15, 0.2) is 10.8 Å². The normalized spacial score (nSPS) is 14.2. The van der Waals surface area contributed by atoms with Crippen LogP contribution in [0.4, 0.5) is 0 Å². The summed E-state index contributed by atoms with van der Waals surface area (Å²) in [6.45, 7) is 2.08. The van der Waals surface area contributed by atoms with E-state index in [9.17, 15) is 4.79 Å². The van der Waals surface area contributed by atoms with Gasteiger partial charge in [0, 0.05) is 11.3 Å². The maximum atomic E-state index is 11.4. The highest BCUT2D eigenvalue weighted by atomic mass is 32.2. The first-order valence-electron chi connectivity index (χ1n) is 8.10. The predicted octanol–water partition coefficient (Wildman–Crippen LogP) is 3.05. The lowest BCUT2D eigenvalue weighted by molar-refractivity contribution is -0.137. The number of hydrogen-bond acceptors (Lipinski definition) is 7. The van der Waals surface area contributed by atoms with Crippen molar-refractivity contribution >= 4 is 44.9 Å². The number of carbonyl (C=O) groups excluding carboxylic acids is 1. The van der Waals surface area contributed by atoms with Crippen molar-refractivity contribution in [2.24, 2.45) is 0 Å². The number of methoxy groups -OCH3 is 1. The Morgan fingerprint density at radius 1 is 1.33 bits per heavy atom. The third kappa shape index (κ3) is 2.48. The van der Waals surface area contributed by atoms with Crippen molar-refractivity contribution < 1.29 is 9.53 Å². The smallest absolute Gasteiger partial charge is 0.316 e. The molecule has 1 aliphatic rings. The SMILES string of the molecule is CCc1nc2sc3c(c2c2nnc(SCC(=O)OC)n12)CCCC3. The fourth-order valence-electron chi connectivity index (χ4n) is 3.21. The Labute approximate surface area is 147 Å². The van der Waals surface area contributed by atoms with Gasteiger partial charge in [0.05, 0.1) is 18.2 Å². The van der Waals surface area contributed by atoms with Crippen molar-refractivity contribution in [3.63, 3.8) is 0 Å². The third-order valence-electron chi connectivity index (χ3n) is 4.36. The summed E-state index contributed by atoms with van der Waals surface area (Å²) in [7, 11) is 1.39. The second kappa shape index (κ2) is 6.33. The molecule has 4 rings (SSSR count). The fraction of sp³-hybridized carbons (Fsp3) is 0.500. The average molecular weight is 362 g/mol. The Morgan fingerprint density at radius 3 is 2.96 bits per heavy atom. The molecule has 0 fully saturated rings. The lowest BCUT2D eigenvalue weighted by Crippen LogP contribution is -2.06. The first-order valence-corrected chi connectivity index (χ1v) is 9.91. The van der Waals surface area contributed by atoms with E-state index in [1.807, 2.05) is 4.40 Å². The largest absolute Gasteiger partial charge is 0.468 e. The number of carbonyl (C=O) groups is 1. The maximum Gasteiger partial charge on any atom is 0.316 e. The molecule has 1 aliphatic carbocycles. The van der Waals surface area contributed by atoms with Crippen LogP contribution in [-0.4, -0.2) is 38.4 Å². The summed E-state index contributed by atoms with van der Waals surface area (Å²) >= 11 is 3.15. The molecule has 0 saturated heterocycles. The highest BCUT2D eigenvalue weighted by Crippen LogP contribution is 2.38. The minimum Gasteiger partial charge on any atom is -0.468 e. The molecule has 0 aliphatic heterocycles. The Hall–Kier alpha value is -1.67. The number of nitrogens with zero attached hydrogens (tertiary/aromatic N) is 4. The van der Waals surface area contributed by atoms with E-state index < -0.39 is 0 Å². The van der Waals surface area contributed by atoms with Crippen molar-refractivity contribution in [3.8, 4) is 0 Å². The van der Waals surface area contributed by atoms with Crippen molar-refractivity contribution in [1.29, 1.82) is 0 Å². The highest BCUT2D eigenvalue weighted by molar-refractivity contribution is 7.99. The van der Waals surface area contributed by atoms with Crippen LogP contribution in [0.1, 0.15) is 36.0 Å². The van der Waals surface area contributed by atoms with Gasteiger partial charge in [0.1, 0.15) is 10.7 Å². The van der Waals surface area contributed by atoms with Crippen LogP contribution >= 0.6 is 23.1 Å². The van der Waals surface area contributed by atoms with Gasteiger partial charge in [-0.25, -0.2) is 4.98 Å². The number of thioether (sulfide) groups is 1. The van der Waals surface area contributed by atoms with Crippen LogP contribution in [-0.2, 0) is 28.8 Å². The molecule has 0 unspecified atom stereocenters. The molecule has 6 nitrogen and oxygen atoms in total. The standard InChI is InChI=1S/C16H18N4O2S2/c1-3-11-17-15-13(9-6-4-5-7-10(9)24-15)14-18-19-16(20(11)14)23-8-12(21)22-2/h3-8H2,1-2H3. The van der Waals surface area contributed by atoms with E-state index in [1.165, 1.54) is 42.2 Å². The minimum absolute atomic E-state index is 0.222. The van der Waals surface area contributed by atoms with E-state index in [1.54, 1.807) is 11.3 Å². The number of ether oxygens (including phenoxy) is 1. The summed E-state index contributed by atoms with van der Waals surface area (Å²) < 4.78 is 6.73. The second-order valence-corrected chi connectivity index (χ2v) is 7.81. The quantitative estimate of drug-likeness (QED) is 0.525. The zero-order valence-corrected chi connectivity index (χ0v) is 15.3. The van der Waals surface area contributed by atoms with Gasteiger partial charge in [0.2, 0.25) is 0 Å². The molecular formula is C16H18N4O2S2. The molecule has 126 valence electrons. The van der Waals surface area contributed by atoms with Crippen molar-refractivity contribution in [1.82, 2.24) is 19.6 Å². The summed E-state index contributed by atoms with van der Waals surface area (Å²) in [4.78, 5) is 18.8. The van der Waals surface area contributed by atoms with Crippen LogP contribution in [0.2, 0.25) is 0 Å². The molecule has 3 heterocycles. The molecule has 0 amide bonds. The monoisotopic (exact) mass is 362 g/mol. The Morgan fingerprint density at radius 2 is 2.17 bits per heavy atom. The number of hydrogen-bond donors (Lipinski definition) is 0. The molecule has 0 N–H and O–H groups in total. The molecule has 0 atom stereocenters. The summed E-state index contributed by atoms with van der Waals surface area (Å²) in [6.07, 6.45) is 5.50. The van der Waals surface area contributed by atoms with Crippen molar-refractivity contribution in [2.75, 3.05) is 12.9 Å². The minimum atomic E-state index is -0.267. The van der Waals surface area contributed by atoms with E-state index in [0.29, 0.717) is 5.16 Å². The summed E-state index contributed by atoms with van der Waals surface area (Å²) in [5.74, 6) is 0.894. The van der Waals surface area contributed by atoms with Gasteiger partial charge in [-0.05, 0) is 31.2 Å². The first kappa shape index (κ1) is 15.8. The molecular weight excluding hydrogens is 344 g/mol. The van der Waals surface area contributed by atoms with Gasteiger partial charge >= 0.3 is 5.97 Å². The predicted molar refractivity (Wildman–Crippen MR) is 94.9 cm³/mol. The van der Waals surface area contributed by atoms with E-state index >= 15 is 0 Å². The van der Waals surface area contributed by atoms with E-state index in [0.717, 1.165) is 41.0 Å². The Kier molecular flexibility index (Phi) is 4.17. The maximum absolute atomic E-state index is 11.4. The molecule has 0 saturated carbocycles. The van der Waals surface area contributed by atoms with Gasteiger partial charge in [-0.3, -0.25) is 9.20 Å².